The van der Waals surface area contributed by atoms with Crippen molar-refractivity contribution in [3.8, 4) is 0 Å². The summed E-state index contributed by atoms with van der Waals surface area (Å²) in [6.45, 7) is 4.44. The summed E-state index contributed by atoms with van der Waals surface area (Å²) in [5.41, 5.74) is 0.426. The molecule has 0 spiro atoms. The van der Waals surface area contributed by atoms with Crippen molar-refractivity contribution in [1.82, 2.24) is 10.3 Å². The zero-order valence-electron chi connectivity index (χ0n) is 11.8. The van der Waals surface area contributed by atoms with Gasteiger partial charge in [0.1, 0.15) is 5.82 Å². The predicted molar refractivity (Wildman–Crippen MR) is 79.7 cm³/mol. The van der Waals surface area contributed by atoms with Crippen LogP contribution in [0.2, 0.25) is 0 Å². The summed E-state index contributed by atoms with van der Waals surface area (Å²) in [6.07, 6.45) is 2.53. The highest BCUT2D eigenvalue weighted by atomic mass is 32.2. The smallest absolute Gasteiger partial charge is 0.255 e. The van der Waals surface area contributed by atoms with E-state index in [9.17, 15) is 13.2 Å². The van der Waals surface area contributed by atoms with E-state index in [2.05, 4.69) is 15.6 Å². The van der Waals surface area contributed by atoms with Crippen LogP contribution < -0.4 is 10.6 Å². The van der Waals surface area contributed by atoms with Crippen molar-refractivity contribution in [1.29, 1.82) is 0 Å². The molecular formula is C13H21N3O3S. The molecule has 1 heterocycles. The van der Waals surface area contributed by atoms with Crippen LogP contribution in [0.3, 0.4) is 0 Å². The van der Waals surface area contributed by atoms with Crippen molar-refractivity contribution in [2.24, 2.45) is 0 Å². The molecule has 112 valence electrons. The summed E-state index contributed by atoms with van der Waals surface area (Å²) < 4.78 is 22.7. The second-order valence-electron chi connectivity index (χ2n) is 4.32. The zero-order valence-corrected chi connectivity index (χ0v) is 12.7. The first kappa shape index (κ1) is 16.4. The largest absolute Gasteiger partial charge is 0.369 e. The first-order chi connectivity index (χ1) is 9.50. The van der Waals surface area contributed by atoms with Gasteiger partial charge in [-0.25, -0.2) is 13.4 Å². The highest BCUT2D eigenvalue weighted by molar-refractivity contribution is 7.91. The monoisotopic (exact) mass is 299 g/mol. The number of pyridine rings is 1. The third-order valence-corrected chi connectivity index (χ3v) is 4.44. The molecule has 1 aromatic rings. The molecular weight excluding hydrogens is 278 g/mol. The molecule has 0 unspecified atom stereocenters. The number of hydrogen-bond acceptors (Lipinski definition) is 5. The molecule has 1 aromatic heterocycles. The van der Waals surface area contributed by atoms with Gasteiger partial charge in [-0.2, -0.15) is 0 Å². The Bertz CT molecular complexity index is 544. The quantitative estimate of drug-likeness (QED) is 0.749. The second kappa shape index (κ2) is 7.84. The van der Waals surface area contributed by atoms with Crippen LogP contribution in [0, 0.1) is 0 Å². The summed E-state index contributed by atoms with van der Waals surface area (Å²) in [6, 6.07) is 3.34. The van der Waals surface area contributed by atoms with Crippen molar-refractivity contribution < 1.29 is 13.2 Å². The van der Waals surface area contributed by atoms with E-state index in [1.54, 1.807) is 25.3 Å². The van der Waals surface area contributed by atoms with Crippen LogP contribution in [0.5, 0.6) is 0 Å². The van der Waals surface area contributed by atoms with Gasteiger partial charge in [0.2, 0.25) is 0 Å². The van der Waals surface area contributed by atoms with Crippen molar-refractivity contribution in [3.05, 3.63) is 23.9 Å². The summed E-state index contributed by atoms with van der Waals surface area (Å²) in [4.78, 5) is 16.1. The number of carbonyl (C=O) groups is 1. The maximum Gasteiger partial charge on any atom is 0.255 e. The SMILES string of the molecule is CCCNc1ncccc1C(=O)NCCS(=O)(=O)CC. The van der Waals surface area contributed by atoms with Gasteiger partial charge in [0, 0.05) is 25.0 Å². The number of nitrogens with zero attached hydrogens (tertiary/aromatic N) is 1. The lowest BCUT2D eigenvalue weighted by Crippen LogP contribution is -2.30. The highest BCUT2D eigenvalue weighted by Crippen LogP contribution is 2.11. The van der Waals surface area contributed by atoms with Crippen molar-refractivity contribution in [2.45, 2.75) is 20.3 Å². The fraction of sp³-hybridized carbons (Fsp3) is 0.538. The molecule has 1 rings (SSSR count). The first-order valence-electron chi connectivity index (χ1n) is 6.67. The molecule has 0 fully saturated rings. The number of hydrogen-bond donors (Lipinski definition) is 2. The fourth-order valence-electron chi connectivity index (χ4n) is 1.53. The summed E-state index contributed by atoms with van der Waals surface area (Å²) >= 11 is 0. The lowest BCUT2D eigenvalue weighted by atomic mass is 10.2. The van der Waals surface area contributed by atoms with Crippen molar-refractivity contribution in [2.75, 3.05) is 29.9 Å². The molecule has 0 aromatic carbocycles. The molecule has 6 nitrogen and oxygen atoms in total. The average molecular weight is 299 g/mol. The molecule has 0 aliphatic rings. The Labute approximate surface area is 119 Å². The summed E-state index contributed by atoms with van der Waals surface area (Å²) in [7, 11) is -3.07. The lowest BCUT2D eigenvalue weighted by molar-refractivity contribution is 0.0956. The lowest BCUT2D eigenvalue weighted by Gasteiger charge is -2.10. The van der Waals surface area contributed by atoms with Gasteiger partial charge < -0.3 is 10.6 Å². The molecule has 0 atom stereocenters. The molecule has 0 aliphatic heterocycles. The number of nitrogens with one attached hydrogen (secondary N) is 2. The molecule has 0 bridgehead atoms. The van der Waals surface area contributed by atoms with E-state index < -0.39 is 9.84 Å². The average Bonchev–Trinajstić information content (AvgIpc) is 2.45. The molecule has 0 radical (unpaired) electrons. The van der Waals surface area contributed by atoms with Crippen LogP contribution in [-0.2, 0) is 9.84 Å². The van der Waals surface area contributed by atoms with Crippen LogP contribution in [-0.4, -0.2) is 43.9 Å². The number of anilines is 1. The molecule has 2 N–H and O–H groups in total. The first-order valence-corrected chi connectivity index (χ1v) is 8.49. The Morgan fingerprint density at radius 3 is 2.70 bits per heavy atom. The third kappa shape index (κ3) is 5.16. The maximum atomic E-state index is 12.0. The third-order valence-electron chi connectivity index (χ3n) is 2.73. The van der Waals surface area contributed by atoms with Gasteiger partial charge in [-0.3, -0.25) is 4.79 Å². The number of amides is 1. The van der Waals surface area contributed by atoms with Gasteiger partial charge in [-0.05, 0) is 18.6 Å². The van der Waals surface area contributed by atoms with E-state index in [1.807, 2.05) is 6.92 Å². The molecule has 1 amide bonds. The minimum Gasteiger partial charge on any atom is -0.369 e. The van der Waals surface area contributed by atoms with E-state index in [1.165, 1.54) is 0 Å². The Balaban J connectivity index is 2.63. The standard InChI is InChI=1S/C13H21N3O3S/c1-3-7-14-12-11(6-5-8-15-12)13(17)16-9-10-20(18,19)4-2/h5-6,8H,3-4,7,9-10H2,1-2H3,(H,14,15)(H,16,17). The summed E-state index contributed by atoms with van der Waals surface area (Å²) in [5.74, 6) is 0.236. The van der Waals surface area contributed by atoms with E-state index in [0.29, 0.717) is 11.4 Å². The minimum absolute atomic E-state index is 0.0484. The zero-order chi connectivity index (χ0) is 15.0. The van der Waals surface area contributed by atoms with Crippen LogP contribution in [0.25, 0.3) is 0 Å². The van der Waals surface area contributed by atoms with Gasteiger partial charge in [-0.1, -0.05) is 13.8 Å². The van der Waals surface area contributed by atoms with Crippen LogP contribution in [0.15, 0.2) is 18.3 Å². The van der Waals surface area contributed by atoms with Crippen LogP contribution >= 0.6 is 0 Å². The Morgan fingerprint density at radius 1 is 1.30 bits per heavy atom. The van der Waals surface area contributed by atoms with Gasteiger partial charge in [0.05, 0.1) is 11.3 Å². The highest BCUT2D eigenvalue weighted by Gasteiger charge is 2.13. The van der Waals surface area contributed by atoms with Crippen LogP contribution in [0.4, 0.5) is 5.82 Å². The van der Waals surface area contributed by atoms with Crippen LogP contribution in [0.1, 0.15) is 30.6 Å². The topological polar surface area (TPSA) is 88.2 Å². The molecule has 0 saturated carbocycles. The van der Waals surface area contributed by atoms with E-state index in [-0.39, 0.29) is 24.0 Å². The molecule has 7 heteroatoms. The van der Waals surface area contributed by atoms with E-state index in [0.717, 1.165) is 13.0 Å². The predicted octanol–water partition coefficient (Wildman–Crippen LogP) is 1.07. The number of sulfone groups is 1. The van der Waals surface area contributed by atoms with E-state index >= 15 is 0 Å². The molecule has 20 heavy (non-hydrogen) atoms. The number of rotatable bonds is 8. The number of aromatic nitrogens is 1. The molecule has 0 saturated heterocycles. The van der Waals surface area contributed by atoms with E-state index in [4.69, 9.17) is 0 Å². The second-order valence-corrected chi connectivity index (χ2v) is 6.79. The Hall–Kier alpha value is -1.63. The fourth-order valence-corrected chi connectivity index (χ4v) is 2.23. The Kier molecular flexibility index (Phi) is 6.44. The Morgan fingerprint density at radius 2 is 2.05 bits per heavy atom. The van der Waals surface area contributed by atoms with Crippen molar-refractivity contribution >= 4 is 21.6 Å². The molecule has 0 aliphatic carbocycles. The normalized spacial score (nSPS) is 11.1. The summed E-state index contributed by atoms with van der Waals surface area (Å²) in [5, 5.41) is 5.68. The van der Waals surface area contributed by atoms with Gasteiger partial charge >= 0.3 is 0 Å². The maximum absolute atomic E-state index is 12.0. The minimum atomic E-state index is -3.07. The van der Waals surface area contributed by atoms with Crippen molar-refractivity contribution in [3.63, 3.8) is 0 Å². The van der Waals surface area contributed by atoms with Gasteiger partial charge in [0.15, 0.2) is 9.84 Å². The van der Waals surface area contributed by atoms with Gasteiger partial charge in [-0.15, -0.1) is 0 Å². The van der Waals surface area contributed by atoms with Gasteiger partial charge in [0.25, 0.3) is 5.91 Å². The number of carbonyl (C=O) groups excluding carboxylic acids is 1.